The zero-order valence-corrected chi connectivity index (χ0v) is 50.7. The predicted molar refractivity (Wildman–Crippen MR) is 338 cm³/mol. The monoisotopic (exact) mass is 1190 g/mol. The number of aromatic nitrogens is 4. The minimum absolute atomic E-state index is 0.123. The minimum atomic E-state index is -0.683. The number of aromatic amines is 4. The molecule has 83 heavy (non-hydrogen) atoms. The Bertz CT molecular complexity index is 3710. The molecule has 0 saturated heterocycles. The smallest absolute Gasteiger partial charge is 0.262 e. The number of halogens is 1. The van der Waals surface area contributed by atoms with Gasteiger partial charge in [-0.1, -0.05) is 157 Å². The Morgan fingerprint density at radius 2 is 0.687 bits per heavy atom. The van der Waals surface area contributed by atoms with Gasteiger partial charge in [-0.25, -0.2) is 0 Å². The van der Waals surface area contributed by atoms with Crippen LogP contribution in [0.5, 0.6) is 5.75 Å². The van der Waals surface area contributed by atoms with Crippen molar-refractivity contribution in [3.63, 3.8) is 0 Å². The number of carbonyl (C=O) groups excluding carboxylic acids is 4. The highest BCUT2D eigenvalue weighted by molar-refractivity contribution is 9.10. The largest absolute Gasteiger partial charge is 0.483 e. The molecule has 1 aliphatic heterocycles. The number of amides is 4. The fraction of sp³-hybridized carbons (Fsp3) is 0.265. The van der Waals surface area contributed by atoms with E-state index >= 15 is 0 Å². The Morgan fingerprint density at radius 1 is 0.410 bits per heavy atom. The van der Waals surface area contributed by atoms with Crippen molar-refractivity contribution in [3.05, 3.63) is 242 Å². The van der Waals surface area contributed by atoms with Crippen LogP contribution in [0, 0.1) is 16.2 Å². The van der Waals surface area contributed by atoms with E-state index in [0.29, 0.717) is 34.3 Å². The predicted octanol–water partition coefficient (Wildman–Crippen LogP) is 15.2. The molecule has 10 rings (SSSR count). The van der Waals surface area contributed by atoms with Gasteiger partial charge in [0.1, 0.15) is 5.75 Å². The summed E-state index contributed by atoms with van der Waals surface area (Å²) in [6, 6.07) is 53.8. The van der Waals surface area contributed by atoms with E-state index in [9.17, 15) is 19.2 Å². The molecular weight excluding hydrogens is 1120 g/mol. The van der Waals surface area contributed by atoms with Crippen LogP contribution in [0.1, 0.15) is 159 Å². The van der Waals surface area contributed by atoms with Crippen LogP contribution in [-0.4, -0.2) is 50.2 Å². The molecule has 9 aromatic rings. The second-order valence-corrected chi connectivity index (χ2v) is 25.6. The van der Waals surface area contributed by atoms with Gasteiger partial charge in [-0.15, -0.1) is 0 Å². The average molecular weight is 1190 g/mol. The van der Waals surface area contributed by atoms with Crippen LogP contribution in [0.2, 0.25) is 0 Å². The van der Waals surface area contributed by atoms with E-state index in [-0.39, 0.29) is 30.2 Å². The summed E-state index contributed by atoms with van der Waals surface area (Å²) in [6.45, 7) is 16.8. The number of thiol groups is 1. The van der Waals surface area contributed by atoms with Crippen molar-refractivity contribution in [1.82, 2.24) is 19.9 Å². The van der Waals surface area contributed by atoms with Gasteiger partial charge in [0.2, 0.25) is 17.7 Å². The van der Waals surface area contributed by atoms with Gasteiger partial charge >= 0.3 is 0 Å². The summed E-state index contributed by atoms with van der Waals surface area (Å²) >= 11 is 8.11. The number of carbonyl (C=O) groups is 4. The first-order valence-corrected chi connectivity index (χ1v) is 29.4. The second kappa shape index (κ2) is 23.5. The Kier molecular flexibility index (Phi) is 16.4. The average Bonchev–Trinajstić information content (AvgIpc) is 3.90. The van der Waals surface area contributed by atoms with Gasteiger partial charge in [-0.05, 0) is 107 Å². The van der Waals surface area contributed by atoms with E-state index in [0.717, 1.165) is 77.8 Å². The number of nitrogens with one attached hydrogen (secondary N) is 8. The molecule has 0 saturated carbocycles. The van der Waals surface area contributed by atoms with Crippen LogP contribution in [0.25, 0.3) is 0 Å². The molecule has 0 fully saturated rings. The van der Waals surface area contributed by atoms with Gasteiger partial charge in [0, 0.05) is 100 Å². The quantitative estimate of drug-likeness (QED) is 0.0550. The third-order valence-corrected chi connectivity index (χ3v) is 16.2. The van der Waals surface area contributed by atoms with E-state index in [1.54, 1.807) is 0 Å². The van der Waals surface area contributed by atoms with Crippen molar-refractivity contribution in [2.24, 2.45) is 16.2 Å². The maximum absolute atomic E-state index is 14.1. The second-order valence-electron chi connectivity index (χ2n) is 24.4. The Labute approximate surface area is 499 Å². The van der Waals surface area contributed by atoms with E-state index in [4.69, 9.17) is 4.74 Å². The number of hydrogen-bond acceptors (Lipinski definition) is 6. The fourth-order valence-electron chi connectivity index (χ4n) is 10.6. The summed E-state index contributed by atoms with van der Waals surface area (Å²) in [4.78, 5) is 71.5. The SMILES string of the molecule is CC(C)(C)C(=O)Nc1ccccc1C1c2ccc([nH]2)C(c2ccccc2NC(=O)COc2cccc(Br)c2CS)c2ccc([nH]2)C(c2ccccc2NC(=O)C(C)(C)C)c2ccc([nH]2)C(c2ccccc2NC(=O)C(C)(C)C)c2ccc1[nH]2. The van der Waals surface area contributed by atoms with Crippen LogP contribution in [0.3, 0.4) is 0 Å². The van der Waals surface area contributed by atoms with Crippen LogP contribution >= 0.6 is 28.6 Å². The van der Waals surface area contributed by atoms with Gasteiger partial charge < -0.3 is 45.9 Å². The molecule has 5 heterocycles. The molecule has 426 valence electrons. The molecule has 15 heteroatoms. The van der Waals surface area contributed by atoms with Crippen LogP contribution in [0.15, 0.2) is 168 Å². The van der Waals surface area contributed by atoms with Gasteiger partial charge in [-0.2, -0.15) is 12.6 Å². The standard InChI is InChI=1S/C68H71BrN8O5S/c1-66(2,3)63(79)75-46-25-15-11-20-40(46)60-51-31-29-49(70-51)59(39-19-10-14-24-45(39)74-58(78)37-82-57-28-18-23-44(69)43(57)38-83)50-30-32-52(71-50)61(41-21-12-16-26-47(41)76-64(80)67(4,5)6)54-34-36-56(73-54)62(55-35-33-53(60)72-55)42-22-13-17-27-48(42)77-65(81)68(7,8)9/h10-36,59-62,70-73,83H,37-38H2,1-9H3,(H,74,78)(H,75,79)(H,76,80)(H,77,81). The van der Waals surface area contributed by atoms with Gasteiger partial charge in [0.25, 0.3) is 5.91 Å². The topological polar surface area (TPSA) is 189 Å². The number of ether oxygens (including phenoxy) is 1. The van der Waals surface area contributed by atoms with Crippen molar-refractivity contribution in [1.29, 1.82) is 0 Å². The van der Waals surface area contributed by atoms with Crippen molar-refractivity contribution < 1.29 is 23.9 Å². The fourth-order valence-corrected chi connectivity index (χ4v) is 11.6. The van der Waals surface area contributed by atoms with Crippen molar-refractivity contribution >= 4 is 74.9 Å². The lowest BCUT2D eigenvalue weighted by Crippen LogP contribution is -2.28. The van der Waals surface area contributed by atoms with E-state index in [1.807, 2.05) is 172 Å². The molecule has 8 bridgehead atoms. The normalized spacial score (nSPS) is 16.2. The number of H-pyrrole nitrogens is 4. The minimum Gasteiger partial charge on any atom is -0.483 e. The molecular formula is C68H71BrN8O5S. The summed E-state index contributed by atoms with van der Waals surface area (Å²) in [7, 11) is 0. The van der Waals surface area contributed by atoms with Crippen molar-refractivity contribution in [3.8, 4) is 5.75 Å². The number of fused-ring (bicyclic) bond motifs is 8. The first-order chi connectivity index (χ1) is 39.6. The summed E-state index contributed by atoms with van der Waals surface area (Å²) in [5, 5.41) is 13.0. The summed E-state index contributed by atoms with van der Waals surface area (Å²) in [6.07, 6.45) is 0. The van der Waals surface area contributed by atoms with Crippen LogP contribution < -0.4 is 26.0 Å². The maximum Gasteiger partial charge on any atom is 0.262 e. The maximum atomic E-state index is 14.1. The first kappa shape index (κ1) is 57.9. The summed E-state index contributed by atoms with van der Waals surface area (Å²) in [5.41, 5.74) is 11.4. The van der Waals surface area contributed by atoms with Crippen molar-refractivity contribution in [2.45, 2.75) is 91.7 Å². The van der Waals surface area contributed by atoms with Gasteiger partial charge in [-0.3, -0.25) is 19.2 Å². The van der Waals surface area contributed by atoms with Crippen LogP contribution in [0.4, 0.5) is 22.7 Å². The lowest BCUT2D eigenvalue weighted by Gasteiger charge is -2.25. The van der Waals surface area contributed by atoms with Crippen molar-refractivity contribution in [2.75, 3.05) is 27.9 Å². The molecule has 4 aromatic heterocycles. The van der Waals surface area contributed by atoms with E-state index in [1.165, 1.54) is 0 Å². The lowest BCUT2D eigenvalue weighted by molar-refractivity contribution is -0.123. The third-order valence-electron chi connectivity index (χ3n) is 15.2. The molecule has 5 aromatic carbocycles. The number of rotatable bonds is 12. The van der Waals surface area contributed by atoms with Gasteiger partial charge in [0.15, 0.2) is 6.61 Å². The Balaban J connectivity index is 1.19. The molecule has 1 aliphatic rings. The number of benzene rings is 5. The molecule has 0 spiro atoms. The molecule has 2 unspecified atom stereocenters. The summed E-state index contributed by atoms with van der Waals surface area (Å²) < 4.78 is 6.97. The highest BCUT2D eigenvalue weighted by atomic mass is 79.9. The number of para-hydroxylation sites is 4. The van der Waals surface area contributed by atoms with E-state index in [2.05, 4.69) is 124 Å². The molecule has 0 aliphatic carbocycles. The molecule has 4 amide bonds. The molecule has 8 N–H and O–H groups in total. The third kappa shape index (κ3) is 12.4. The first-order valence-electron chi connectivity index (χ1n) is 27.9. The Morgan fingerprint density at radius 3 is 0.964 bits per heavy atom. The molecule has 13 nitrogen and oxygen atoms in total. The van der Waals surface area contributed by atoms with Crippen LogP contribution in [-0.2, 0) is 24.9 Å². The number of hydrogen-bond donors (Lipinski definition) is 9. The molecule has 2 atom stereocenters. The lowest BCUT2D eigenvalue weighted by atomic mass is 9.90. The zero-order chi connectivity index (χ0) is 59.0. The van der Waals surface area contributed by atoms with E-state index < -0.39 is 39.9 Å². The zero-order valence-electron chi connectivity index (χ0n) is 48.2. The highest BCUT2D eigenvalue weighted by Gasteiger charge is 2.35. The molecule has 0 radical (unpaired) electrons. The van der Waals surface area contributed by atoms with Gasteiger partial charge in [0.05, 0.1) is 23.7 Å². The number of anilines is 4. The summed E-state index contributed by atoms with van der Waals surface area (Å²) in [5.74, 6) is -1.74. The Hall–Kier alpha value is -8.27. The highest BCUT2D eigenvalue weighted by Crippen LogP contribution is 2.45.